The van der Waals surface area contributed by atoms with Crippen molar-refractivity contribution in [1.82, 2.24) is 20.0 Å². The first-order chi connectivity index (χ1) is 16.6. The van der Waals surface area contributed by atoms with E-state index in [0.29, 0.717) is 24.3 Å². The van der Waals surface area contributed by atoms with Crippen molar-refractivity contribution in [2.24, 2.45) is 5.41 Å². The third kappa shape index (κ3) is 3.09. The molecule has 12 nitrogen and oxygen atoms in total. The van der Waals surface area contributed by atoms with E-state index in [1.165, 1.54) is 27.2 Å². The number of barbiturate groups is 2. The van der Waals surface area contributed by atoms with Gasteiger partial charge in [0.2, 0.25) is 11.8 Å². The minimum atomic E-state index is -1.57. The van der Waals surface area contributed by atoms with Gasteiger partial charge in [0, 0.05) is 33.4 Å². The molecule has 0 aliphatic carbocycles. The SMILES string of the molecule is CN1C(=O)NC(=O)/C(=C\c2ccc3c(c2)CC2(C(=O)N(C)C(=O)N(C)C2=O)C2COCCN32)C1=O. The number of amides is 8. The number of hydrogen-bond acceptors (Lipinski definition) is 8. The van der Waals surface area contributed by atoms with Gasteiger partial charge in [-0.05, 0) is 35.8 Å². The summed E-state index contributed by atoms with van der Waals surface area (Å²) in [7, 11) is 3.97. The number of imide groups is 4. The maximum absolute atomic E-state index is 13.5. The molecular weight excluding hydrogens is 458 g/mol. The Bertz CT molecular complexity index is 1230. The lowest BCUT2D eigenvalue weighted by molar-refractivity contribution is -0.161. The summed E-state index contributed by atoms with van der Waals surface area (Å²) in [5.41, 5.74) is 0.169. The van der Waals surface area contributed by atoms with Gasteiger partial charge in [-0.3, -0.25) is 39.2 Å². The molecule has 182 valence electrons. The van der Waals surface area contributed by atoms with Gasteiger partial charge in [-0.2, -0.15) is 0 Å². The van der Waals surface area contributed by atoms with Gasteiger partial charge in [0.1, 0.15) is 5.57 Å². The predicted octanol–water partition coefficient (Wildman–Crippen LogP) is -0.424. The number of carbonyl (C=O) groups excluding carboxylic acids is 6. The maximum atomic E-state index is 13.5. The highest BCUT2D eigenvalue weighted by atomic mass is 16.5. The fourth-order valence-corrected chi connectivity index (χ4v) is 5.27. The van der Waals surface area contributed by atoms with E-state index >= 15 is 0 Å². The number of nitrogens with one attached hydrogen (secondary N) is 1. The number of carbonyl (C=O) groups is 6. The van der Waals surface area contributed by atoms with Gasteiger partial charge in [0.25, 0.3) is 11.8 Å². The van der Waals surface area contributed by atoms with Crippen LogP contribution in [-0.2, 0) is 30.3 Å². The van der Waals surface area contributed by atoms with Crippen LogP contribution < -0.4 is 10.2 Å². The minimum absolute atomic E-state index is 0.0159. The highest BCUT2D eigenvalue weighted by Gasteiger charge is 2.63. The van der Waals surface area contributed by atoms with Crippen molar-refractivity contribution in [2.75, 3.05) is 45.8 Å². The van der Waals surface area contributed by atoms with Gasteiger partial charge in [-0.25, -0.2) is 9.59 Å². The van der Waals surface area contributed by atoms with E-state index in [-0.39, 0.29) is 18.6 Å². The molecule has 12 heteroatoms. The Morgan fingerprint density at radius 3 is 2.37 bits per heavy atom. The standard InChI is InChI=1S/C23H23N5O7/c1-25-18(30)14(17(29)24-21(25)33)9-12-4-5-15-13(8-12)10-23(16-11-35-7-6-28(15)16)19(31)26(2)22(34)27(3)20(23)32/h4-5,8-9,16H,6-7,10-11H2,1-3H3,(H,24,29,33)/b14-9+. The molecule has 0 saturated carbocycles. The molecule has 4 aliphatic heterocycles. The summed E-state index contributed by atoms with van der Waals surface area (Å²) < 4.78 is 5.65. The van der Waals surface area contributed by atoms with E-state index in [2.05, 4.69) is 5.32 Å². The quantitative estimate of drug-likeness (QED) is 0.324. The number of benzene rings is 1. The summed E-state index contributed by atoms with van der Waals surface area (Å²) in [6.07, 6.45) is 1.38. The molecule has 0 bridgehead atoms. The summed E-state index contributed by atoms with van der Waals surface area (Å²) in [6.45, 7) is 0.989. The first kappa shape index (κ1) is 22.7. The van der Waals surface area contributed by atoms with Crippen molar-refractivity contribution in [1.29, 1.82) is 0 Å². The van der Waals surface area contributed by atoms with Crippen LogP contribution in [0.15, 0.2) is 23.8 Å². The normalized spacial score (nSPS) is 25.3. The Morgan fingerprint density at radius 1 is 1.00 bits per heavy atom. The summed E-state index contributed by atoms with van der Waals surface area (Å²) in [5.74, 6) is -2.73. The fraction of sp³-hybridized carbons (Fsp3) is 0.391. The third-order valence-corrected chi connectivity index (χ3v) is 7.14. The average molecular weight is 481 g/mol. The van der Waals surface area contributed by atoms with E-state index in [0.717, 1.165) is 20.4 Å². The number of hydrogen-bond donors (Lipinski definition) is 1. The summed E-state index contributed by atoms with van der Waals surface area (Å²) >= 11 is 0. The molecule has 1 unspecified atom stereocenters. The molecular formula is C23H23N5O7. The number of ether oxygens (including phenoxy) is 1. The number of rotatable bonds is 1. The highest BCUT2D eigenvalue weighted by molar-refractivity contribution is 6.30. The predicted molar refractivity (Wildman–Crippen MR) is 120 cm³/mol. The Morgan fingerprint density at radius 2 is 1.69 bits per heavy atom. The van der Waals surface area contributed by atoms with Crippen LogP contribution >= 0.6 is 0 Å². The van der Waals surface area contributed by atoms with Crippen LogP contribution in [0, 0.1) is 5.41 Å². The molecule has 8 amide bonds. The van der Waals surface area contributed by atoms with E-state index in [1.54, 1.807) is 12.1 Å². The van der Waals surface area contributed by atoms with Crippen LogP contribution in [0.2, 0.25) is 0 Å². The Hall–Kier alpha value is -4.06. The van der Waals surface area contributed by atoms with Crippen molar-refractivity contribution >= 4 is 47.5 Å². The lowest BCUT2D eigenvalue weighted by Crippen LogP contribution is -2.73. The van der Waals surface area contributed by atoms with Crippen molar-refractivity contribution in [3.63, 3.8) is 0 Å². The molecule has 4 aliphatic rings. The lowest BCUT2D eigenvalue weighted by atomic mass is 9.68. The zero-order chi connectivity index (χ0) is 25.2. The topological polar surface area (TPSA) is 137 Å². The molecule has 3 saturated heterocycles. The number of nitrogens with zero attached hydrogens (tertiary/aromatic N) is 4. The summed E-state index contributed by atoms with van der Waals surface area (Å²) in [4.78, 5) is 80.6. The van der Waals surface area contributed by atoms with Crippen molar-refractivity contribution in [3.8, 4) is 0 Å². The second kappa shape index (κ2) is 7.73. The minimum Gasteiger partial charge on any atom is -0.377 e. The van der Waals surface area contributed by atoms with Crippen LogP contribution in [0.4, 0.5) is 15.3 Å². The molecule has 35 heavy (non-hydrogen) atoms. The number of anilines is 1. The van der Waals surface area contributed by atoms with Crippen LogP contribution in [-0.4, -0.2) is 97.3 Å². The molecule has 1 N–H and O–H groups in total. The van der Waals surface area contributed by atoms with E-state index < -0.39 is 47.1 Å². The van der Waals surface area contributed by atoms with Gasteiger partial charge in [-0.1, -0.05) is 6.07 Å². The van der Waals surface area contributed by atoms with Gasteiger partial charge >= 0.3 is 12.1 Å². The van der Waals surface area contributed by atoms with Crippen LogP contribution in [0.25, 0.3) is 6.08 Å². The molecule has 4 heterocycles. The summed E-state index contributed by atoms with van der Waals surface area (Å²) in [6, 6.07) is 3.14. The van der Waals surface area contributed by atoms with Crippen LogP contribution in [0.1, 0.15) is 11.1 Å². The molecule has 0 aromatic heterocycles. The van der Waals surface area contributed by atoms with Gasteiger partial charge in [-0.15, -0.1) is 0 Å². The molecule has 1 atom stereocenters. The number of fused-ring (bicyclic) bond motifs is 4. The Kier molecular flexibility index (Phi) is 5.02. The maximum Gasteiger partial charge on any atom is 0.332 e. The van der Waals surface area contributed by atoms with Crippen molar-refractivity contribution in [3.05, 3.63) is 34.9 Å². The van der Waals surface area contributed by atoms with E-state index in [4.69, 9.17) is 4.74 Å². The molecule has 1 aromatic rings. The Balaban J connectivity index is 1.61. The molecule has 1 aromatic carbocycles. The van der Waals surface area contributed by atoms with Crippen molar-refractivity contribution in [2.45, 2.75) is 12.5 Å². The molecule has 5 rings (SSSR count). The second-order valence-electron chi connectivity index (χ2n) is 9.01. The van der Waals surface area contributed by atoms with Gasteiger partial charge in [0.15, 0.2) is 5.41 Å². The van der Waals surface area contributed by atoms with E-state index in [1.807, 2.05) is 11.0 Å². The zero-order valence-electron chi connectivity index (χ0n) is 19.4. The number of likely N-dealkylation sites (N-methyl/N-ethyl adjacent to an activating group) is 1. The average Bonchev–Trinajstić information content (AvgIpc) is 2.86. The van der Waals surface area contributed by atoms with Crippen LogP contribution in [0.3, 0.4) is 0 Å². The molecule has 0 radical (unpaired) electrons. The van der Waals surface area contributed by atoms with Gasteiger partial charge in [0.05, 0.1) is 19.3 Å². The second-order valence-corrected chi connectivity index (χ2v) is 9.01. The number of urea groups is 2. The highest BCUT2D eigenvalue weighted by Crippen LogP contribution is 2.46. The first-order valence-corrected chi connectivity index (χ1v) is 11.0. The zero-order valence-corrected chi connectivity index (χ0v) is 19.4. The molecule has 1 spiro atoms. The summed E-state index contributed by atoms with van der Waals surface area (Å²) in [5, 5.41) is 2.11. The number of morpholine rings is 1. The van der Waals surface area contributed by atoms with Crippen LogP contribution in [0.5, 0.6) is 0 Å². The third-order valence-electron chi connectivity index (χ3n) is 7.14. The smallest absolute Gasteiger partial charge is 0.332 e. The van der Waals surface area contributed by atoms with E-state index in [9.17, 15) is 28.8 Å². The monoisotopic (exact) mass is 481 g/mol. The van der Waals surface area contributed by atoms with Gasteiger partial charge < -0.3 is 9.64 Å². The lowest BCUT2D eigenvalue weighted by Gasteiger charge is -2.54. The molecule has 3 fully saturated rings. The Labute approximate surface area is 200 Å². The van der Waals surface area contributed by atoms with Crippen molar-refractivity contribution < 1.29 is 33.5 Å². The fourth-order valence-electron chi connectivity index (χ4n) is 5.27. The largest absolute Gasteiger partial charge is 0.377 e. The first-order valence-electron chi connectivity index (χ1n) is 11.0.